The van der Waals surface area contributed by atoms with Gasteiger partial charge >= 0.3 is 18.0 Å². The lowest BCUT2D eigenvalue weighted by Crippen LogP contribution is -2.70. The van der Waals surface area contributed by atoms with Gasteiger partial charge in [-0.3, -0.25) is 14.5 Å². The maximum Gasteiger partial charge on any atom is 0.410 e. The molecule has 3 atom stereocenters. The van der Waals surface area contributed by atoms with E-state index in [1.54, 1.807) is 62.3 Å². The zero-order chi connectivity index (χ0) is 30.1. The van der Waals surface area contributed by atoms with E-state index in [2.05, 4.69) is 11.6 Å². The fourth-order valence-electron chi connectivity index (χ4n) is 6.01. The smallest absolute Gasteiger partial charge is 0.410 e. The summed E-state index contributed by atoms with van der Waals surface area (Å²) in [6, 6.07) is 6.29. The molecule has 0 radical (unpaired) electrons. The summed E-state index contributed by atoms with van der Waals surface area (Å²) in [7, 11) is 0. The van der Waals surface area contributed by atoms with Crippen molar-refractivity contribution in [1.29, 1.82) is 0 Å². The molecule has 1 fully saturated rings. The number of amides is 1. The van der Waals surface area contributed by atoms with E-state index in [-0.39, 0.29) is 18.7 Å². The van der Waals surface area contributed by atoms with Gasteiger partial charge in [-0.15, -0.1) is 6.58 Å². The van der Waals surface area contributed by atoms with Crippen LogP contribution in [0.1, 0.15) is 86.0 Å². The summed E-state index contributed by atoms with van der Waals surface area (Å²) in [5.74, 6) is -2.74. The van der Waals surface area contributed by atoms with Gasteiger partial charge in [-0.05, 0) is 74.8 Å². The van der Waals surface area contributed by atoms with Gasteiger partial charge in [-0.25, -0.2) is 4.79 Å². The number of aromatic amines is 1. The van der Waals surface area contributed by atoms with Crippen molar-refractivity contribution >= 4 is 28.9 Å². The second-order valence-electron chi connectivity index (χ2n) is 13.8. The number of hydrogen-bond acceptors (Lipinski definition) is 7. The van der Waals surface area contributed by atoms with E-state index < -0.39 is 57.8 Å². The molecule has 1 aliphatic heterocycles. The van der Waals surface area contributed by atoms with Crippen LogP contribution in [0.15, 0.2) is 36.9 Å². The van der Waals surface area contributed by atoms with Crippen LogP contribution < -0.4 is 0 Å². The minimum atomic E-state index is -2.08. The van der Waals surface area contributed by atoms with Crippen molar-refractivity contribution in [2.75, 3.05) is 6.54 Å². The quantitative estimate of drug-likeness (QED) is 0.228. The third-order valence-corrected chi connectivity index (χ3v) is 7.30. The third kappa shape index (κ3) is 4.78. The standard InChI is InChI=1S/C31H42N2O7/c1-11-30(37)20-16-17-33(26(36)40-29(8,9)10)23(30)21-18-14-12-13-15-19(18)32-22(21)31(20,24(34)38-27(2,3)4)25(35)39-28(5,6)7/h11-15,20,23,32,37H,1,16-17H2,2-10H3/t20-,23-,30+/m0/s1. The number of piperidine rings is 1. The molecule has 4 rings (SSSR count). The van der Waals surface area contributed by atoms with Crippen LogP contribution in [0.25, 0.3) is 10.9 Å². The maximum atomic E-state index is 14.4. The Morgan fingerprint density at radius 3 is 1.98 bits per heavy atom. The highest BCUT2D eigenvalue weighted by atomic mass is 16.6. The van der Waals surface area contributed by atoms with E-state index in [1.807, 2.05) is 24.3 Å². The number of nitrogens with zero attached hydrogens (tertiary/aromatic N) is 1. The molecular formula is C31H42N2O7. The molecule has 1 amide bonds. The Balaban J connectivity index is 2.11. The summed E-state index contributed by atoms with van der Waals surface area (Å²) in [4.78, 5) is 47.2. The van der Waals surface area contributed by atoms with Crippen molar-refractivity contribution in [2.24, 2.45) is 5.92 Å². The minimum Gasteiger partial charge on any atom is -0.459 e. The van der Waals surface area contributed by atoms with Gasteiger partial charge in [-0.2, -0.15) is 0 Å². The molecule has 0 spiro atoms. The van der Waals surface area contributed by atoms with Crippen LogP contribution in [0.5, 0.6) is 0 Å². The number of hydrogen-bond donors (Lipinski definition) is 2. The number of nitrogens with one attached hydrogen (secondary N) is 1. The number of likely N-dealkylation sites (tertiary alicyclic amines) is 1. The first-order chi connectivity index (χ1) is 18.3. The number of H-pyrrole nitrogens is 1. The van der Waals surface area contributed by atoms with Crippen molar-refractivity contribution in [3.8, 4) is 0 Å². The first-order valence-electron chi connectivity index (χ1n) is 13.7. The van der Waals surface area contributed by atoms with Crippen molar-refractivity contribution in [3.63, 3.8) is 0 Å². The van der Waals surface area contributed by atoms with Gasteiger partial charge in [0.15, 0.2) is 0 Å². The third-order valence-electron chi connectivity index (χ3n) is 7.30. The molecule has 2 aromatic rings. The lowest BCUT2D eigenvalue weighted by atomic mass is 9.54. The zero-order valence-corrected chi connectivity index (χ0v) is 25.0. The SMILES string of the molecule is C=C[C@]1(O)[C@@H]2c3c([nH]c4ccccc34)C(C(=O)OC(C)(C)C)(C(=O)OC(C)(C)C)[C@H]1CCN2C(=O)OC(C)(C)C. The largest absolute Gasteiger partial charge is 0.459 e. The molecule has 9 nitrogen and oxygen atoms in total. The first-order valence-corrected chi connectivity index (χ1v) is 13.7. The Bertz CT molecular complexity index is 1330. The maximum absolute atomic E-state index is 14.4. The van der Waals surface area contributed by atoms with Gasteiger partial charge in [0.1, 0.15) is 22.4 Å². The molecule has 2 N–H and O–H groups in total. The minimum absolute atomic E-state index is 0.0750. The van der Waals surface area contributed by atoms with Gasteiger partial charge in [0.2, 0.25) is 5.41 Å². The number of aliphatic hydroxyl groups is 1. The van der Waals surface area contributed by atoms with Gasteiger partial charge in [-0.1, -0.05) is 24.3 Å². The van der Waals surface area contributed by atoms with Crippen LogP contribution in [0.3, 0.4) is 0 Å². The first kappa shape index (κ1) is 29.6. The number of esters is 2. The molecular weight excluding hydrogens is 512 g/mol. The Hall–Kier alpha value is -3.33. The molecule has 9 heteroatoms. The number of para-hydroxylation sites is 1. The van der Waals surface area contributed by atoms with E-state index in [0.29, 0.717) is 16.5 Å². The van der Waals surface area contributed by atoms with Crippen LogP contribution in [-0.4, -0.2) is 62.0 Å². The molecule has 0 saturated carbocycles. The van der Waals surface area contributed by atoms with Crippen LogP contribution >= 0.6 is 0 Å². The van der Waals surface area contributed by atoms with Gasteiger partial charge in [0.05, 0.1) is 11.7 Å². The average molecular weight is 555 g/mol. The number of carbonyl (C=O) groups excluding carboxylic acids is 3. The van der Waals surface area contributed by atoms with Gasteiger partial charge in [0.25, 0.3) is 0 Å². The second kappa shape index (κ2) is 9.36. The van der Waals surface area contributed by atoms with Gasteiger partial charge in [0, 0.05) is 28.9 Å². The van der Waals surface area contributed by atoms with E-state index in [4.69, 9.17) is 14.2 Å². The Kier molecular flexibility index (Phi) is 6.94. The molecule has 40 heavy (non-hydrogen) atoms. The number of ether oxygens (including phenoxy) is 3. The fraction of sp³-hybridized carbons (Fsp3) is 0.581. The number of rotatable bonds is 3. The summed E-state index contributed by atoms with van der Waals surface area (Å²) in [6.45, 7) is 19.7. The summed E-state index contributed by atoms with van der Waals surface area (Å²) in [6.07, 6.45) is 0.785. The van der Waals surface area contributed by atoms with Crippen molar-refractivity contribution in [1.82, 2.24) is 9.88 Å². The topological polar surface area (TPSA) is 118 Å². The molecule has 2 aliphatic rings. The molecule has 1 aromatic heterocycles. The van der Waals surface area contributed by atoms with Crippen LogP contribution in [0.4, 0.5) is 4.79 Å². The second-order valence-corrected chi connectivity index (χ2v) is 13.8. The average Bonchev–Trinajstić information content (AvgIpc) is 3.15. The van der Waals surface area contributed by atoms with E-state index >= 15 is 0 Å². The molecule has 1 aliphatic carbocycles. The number of benzene rings is 1. The number of fused-ring (bicyclic) bond motifs is 6. The predicted molar refractivity (Wildman–Crippen MR) is 151 cm³/mol. The summed E-state index contributed by atoms with van der Waals surface area (Å²) >= 11 is 0. The van der Waals surface area contributed by atoms with Crippen molar-refractivity contribution in [2.45, 2.75) is 103 Å². The Morgan fingerprint density at radius 1 is 0.950 bits per heavy atom. The van der Waals surface area contributed by atoms with E-state index in [1.165, 1.54) is 11.0 Å². The Morgan fingerprint density at radius 2 is 1.48 bits per heavy atom. The highest BCUT2D eigenvalue weighted by molar-refractivity contribution is 6.09. The molecule has 1 aromatic carbocycles. The van der Waals surface area contributed by atoms with E-state index in [9.17, 15) is 19.5 Å². The van der Waals surface area contributed by atoms with Crippen LogP contribution in [-0.2, 0) is 29.2 Å². The highest BCUT2D eigenvalue weighted by Crippen LogP contribution is 2.60. The molecule has 1 saturated heterocycles. The van der Waals surface area contributed by atoms with Crippen molar-refractivity contribution < 1.29 is 33.7 Å². The number of aromatic nitrogens is 1. The normalized spacial score (nSPS) is 24.2. The monoisotopic (exact) mass is 554 g/mol. The lowest BCUT2D eigenvalue weighted by Gasteiger charge is -2.57. The Labute approximate surface area is 235 Å². The summed E-state index contributed by atoms with van der Waals surface area (Å²) < 4.78 is 17.6. The molecule has 218 valence electrons. The molecule has 2 bridgehead atoms. The van der Waals surface area contributed by atoms with Crippen LogP contribution in [0.2, 0.25) is 0 Å². The van der Waals surface area contributed by atoms with Crippen molar-refractivity contribution in [3.05, 3.63) is 48.2 Å². The van der Waals surface area contributed by atoms with Crippen LogP contribution in [0, 0.1) is 5.92 Å². The molecule has 2 heterocycles. The lowest BCUT2D eigenvalue weighted by molar-refractivity contribution is -0.197. The number of carbonyl (C=O) groups is 3. The zero-order valence-electron chi connectivity index (χ0n) is 25.0. The molecule has 0 unspecified atom stereocenters. The highest BCUT2D eigenvalue weighted by Gasteiger charge is 2.72. The van der Waals surface area contributed by atoms with E-state index in [0.717, 1.165) is 0 Å². The summed E-state index contributed by atoms with van der Waals surface area (Å²) in [5, 5.41) is 13.2. The van der Waals surface area contributed by atoms with Gasteiger partial charge < -0.3 is 24.3 Å². The summed E-state index contributed by atoms with van der Waals surface area (Å²) in [5.41, 5.74) is -5.36. The predicted octanol–water partition coefficient (Wildman–Crippen LogP) is 5.32. The fourth-order valence-corrected chi connectivity index (χ4v) is 6.01.